The summed E-state index contributed by atoms with van der Waals surface area (Å²) >= 11 is 0. The first-order valence-electron chi connectivity index (χ1n) is 9.25. The fourth-order valence-electron chi connectivity index (χ4n) is 2.81. The highest BCUT2D eigenvalue weighted by Gasteiger charge is 2.11. The molecule has 0 aliphatic rings. The molecule has 27 heavy (non-hydrogen) atoms. The highest BCUT2D eigenvalue weighted by Crippen LogP contribution is 2.26. The van der Waals surface area contributed by atoms with E-state index in [2.05, 4.69) is 41.3 Å². The van der Waals surface area contributed by atoms with Gasteiger partial charge in [0.15, 0.2) is 5.82 Å². The van der Waals surface area contributed by atoms with E-state index in [4.69, 9.17) is 9.97 Å². The van der Waals surface area contributed by atoms with E-state index in [-0.39, 0.29) is 0 Å². The summed E-state index contributed by atoms with van der Waals surface area (Å²) in [6, 6.07) is 22.4. The van der Waals surface area contributed by atoms with Crippen LogP contribution in [0.5, 0.6) is 0 Å². The SMILES string of the molecule is CN(C)CCCNc1cc(N(C)c2ccccc2)nc(-c2ccccc2)n1. The molecule has 0 bridgehead atoms. The highest BCUT2D eigenvalue weighted by atomic mass is 15.2. The first kappa shape index (κ1) is 18.9. The summed E-state index contributed by atoms with van der Waals surface area (Å²) in [5.41, 5.74) is 2.10. The lowest BCUT2D eigenvalue weighted by atomic mass is 10.2. The molecule has 3 rings (SSSR count). The molecule has 2 aromatic carbocycles. The topological polar surface area (TPSA) is 44.3 Å². The van der Waals surface area contributed by atoms with Crippen LogP contribution in [0.3, 0.4) is 0 Å². The van der Waals surface area contributed by atoms with Crippen LogP contribution in [0.1, 0.15) is 6.42 Å². The second-order valence-electron chi connectivity index (χ2n) is 6.78. The summed E-state index contributed by atoms with van der Waals surface area (Å²) in [7, 11) is 6.21. The van der Waals surface area contributed by atoms with Crippen molar-refractivity contribution in [3.05, 3.63) is 66.7 Å². The van der Waals surface area contributed by atoms with E-state index in [1.54, 1.807) is 0 Å². The van der Waals surface area contributed by atoms with Crippen molar-refractivity contribution in [1.82, 2.24) is 14.9 Å². The first-order chi connectivity index (χ1) is 13.1. The summed E-state index contributed by atoms with van der Waals surface area (Å²) in [6.07, 6.45) is 1.06. The van der Waals surface area contributed by atoms with Gasteiger partial charge in [-0.2, -0.15) is 0 Å². The highest BCUT2D eigenvalue weighted by molar-refractivity contribution is 5.66. The van der Waals surface area contributed by atoms with Gasteiger partial charge in [-0.05, 0) is 39.2 Å². The molecule has 5 nitrogen and oxygen atoms in total. The second-order valence-corrected chi connectivity index (χ2v) is 6.78. The zero-order valence-electron chi connectivity index (χ0n) is 16.3. The number of para-hydroxylation sites is 1. The zero-order valence-corrected chi connectivity index (χ0v) is 16.3. The normalized spacial score (nSPS) is 10.8. The lowest BCUT2D eigenvalue weighted by molar-refractivity contribution is 0.405. The van der Waals surface area contributed by atoms with Crippen molar-refractivity contribution >= 4 is 17.3 Å². The fraction of sp³-hybridized carbons (Fsp3) is 0.273. The number of hydrogen-bond acceptors (Lipinski definition) is 5. The molecule has 1 N–H and O–H groups in total. The van der Waals surface area contributed by atoms with Crippen LogP contribution in [-0.2, 0) is 0 Å². The summed E-state index contributed by atoms with van der Waals surface area (Å²) in [4.78, 5) is 13.8. The Kier molecular flexibility index (Phi) is 6.39. The largest absolute Gasteiger partial charge is 0.370 e. The molecule has 140 valence electrons. The van der Waals surface area contributed by atoms with Crippen LogP contribution in [0.15, 0.2) is 66.7 Å². The van der Waals surface area contributed by atoms with Gasteiger partial charge >= 0.3 is 0 Å². The van der Waals surface area contributed by atoms with E-state index in [1.807, 2.05) is 61.6 Å². The van der Waals surface area contributed by atoms with Crippen LogP contribution < -0.4 is 10.2 Å². The van der Waals surface area contributed by atoms with Gasteiger partial charge in [0.25, 0.3) is 0 Å². The molecule has 0 amide bonds. The van der Waals surface area contributed by atoms with E-state index >= 15 is 0 Å². The Bertz CT molecular complexity index is 834. The molecular weight excluding hydrogens is 334 g/mol. The number of nitrogens with zero attached hydrogens (tertiary/aromatic N) is 4. The molecule has 0 aliphatic heterocycles. The van der Waals surface area contributed by atoms with Crippen molar-refractivity contribution in [3.8, 4) is 11.4 Å². The van der Waals surface area contributed by atoms with E-state index < -0.39 is 0 Å². The summed E-state index contributed by atoms with van der Waals surface area (Å²) in [6.45, 7) is 1.91. The summed E-state index contributed by atoms with van der Waals surface area (Å²) in [5.74, 6) is 2.44. The van der Waals surface area contributed by atoms with Crippen molar-refractivity contribution in [2.24, 2.45) is 0 Å². The third-order valence-electron chi connectivity index (χ3n) is 4.32. The Labute approximate surface area is 161 Å². The summed E-state index contributed by atoms with van der Waals surface area (Å²) in [5, 5.41) is 3.45. The molecule has 0 radical (unpaired) electrons. The standard InChI is InChI=1S/C22H27N5/c1-26(2)16-10-15-23-20-17-21(27(3)19-13-8-5-9-14-19)25-22(24-20)18-11-6-4-7-12-18/h4-9,11-14,17H,10,15-16H2,1-3H3,(H,23,24,25). The molecular formula is C22H27N5. The number of anilines is 3. The van der Waals surface area contributed by atoms with E-state index in [0.717, 1.165) is 48.2 Å². The number of aromatic nitrogens is 2. The lowest BCUT2D eigenvalue weighted by Gasteiger charge is -2.20. The monoisotopic (exact) mass is 361 g/mol. The maximum absolute atomic E-state index is 4.80. The van der Waals surface area contributed by atoms with Gasteiger partial charge in [-0.1, -0.05) is 48.5 Å². The van der Waals surface area contributed by atoms with Crippen molar-refractivity contribution in [1.29, 1.82) is 0 Å². The van der Waals surface area contributed by atoms with Gasteiger partial charge in [-0.15, -0.1) is 0 Å². The Morgan fingerprint density at radius 2 is 1.52 bits per heavy atom. The predicted molar refractivity (Wildman–Crippen MR) is 114 cm³/mol. The van der Waals surface area contributed by atoms with Gasteiger partial charge in [0.05, 0.1) is 0 Å². The van der Waals surface area contributed by atoms with Crippen LogP contribution in [0.25, 0.3) is 11.4 Å². The second kappa shape index (κ2) is 9.14. The zero-order chi connectivity index (χ0) is 19.1. The van der Waals surface area contributed by atoms with Gasteiger partial charge in [0, 0.05) is 30.9 Å². The third-order valence-corrected chi connectivity index (χ3v) is 4.32. The maximum Gasteiger partial charge on any atom is 0.163 e. The molecule has 0 spiro atoms. The number of benzene rings is 2. The minimum Gasteiger partial charge on any atom is -0.370 e. The van der Waals surface area contributed by atoms with Gasteiger partial charge < -0.3 is 15.1 Å². The average Bonchev–Trinajstić information content (AvgIpc) is 2.71. The van der Waals surface area contributed by atoms with Crippen molar-refractivity contribution in [3.63, 3.8) is 0 Å². The Balaban J connectivity index is 1.88. The summed E-state index contributed by atoms with van der Waals surface area (Å²) < 4.78 is 0. The molecule has 0 fully saturated rings. The molecule has 5 heteroatoms. The van der Waals surface area contributed by atoms with Crippen LogP contribution in [0, 0.1) is 0 Å². The Morgan fingerprint density at radius 3 is 2.19 bits per heavy atom. The van der Waals surface area contributed by atoms with Crippen LogP contribution in [-0.4, -0.2) is 49.1 Å². The molecule has 3 aromatic rings. The third kappa shape index (κ3) is 5.28. The van der Waals surface area contributed by atoms with E-state index in [1.165, 1.54) is 0 Å². The van der Waals surface area contributed by atoms with Crippen molar-refractivity contribution in [2.45, 2.75) is 6.42 Å². The van der Waals surface area contributed by atoms with Gasteiger partial charge in [0.2, 0.25) is 0 Å². The van der Waals surface area contributed by atoms with Crippen LogP contribution in [0.2, 0.25) is 0 Å². The van der Waals surface area contributed by atoms with Crippen molar-refractivity contribution < 1.29 is 0 Å². The Hall–Kier alpha value is -2.92. The predicted octanol–water partition coefficient (Wildman–Crippen LogP) is 4.28. The molecule has 1 aromatic heterocycles. The lowest BCUT2D eigenvalue weighted by Crippen LogP contribution is -2.17. The van der Waals surface area contributed by atoms with Crippen molar-refractivity contribution in [2.75, 3.05) is 44.4 Å². The van der Waals surface area contributed by atoms with Gasteiger partial charge in [-0.25, -0.2) is 9.97 Å². The quantitative estimate of drug-likeness (QED) is 0.607. The Morgan fingerprint density at radius 1 is 0.852 bits per heavy atom. The number of rotatable bonds is 8. The average molecular weight is 361 g/mol. The molecule has 0 saturated carbocycles. The number of hydrogen-bond donors (Lipinski definition) is 1. The van der Waals surface area contributed by atoms with E-state index in [0.29, 0.717) is 0 Å². The van der Waals surface area contributed by atoms with Gasteiger partial charge in [-0.3, -0.25) is 0 Å². The molecule has 1 heterocycles. The smallest absolute Gasteiger partial charge is 0.163 e. The van der Waals surface area contributed by atoms with Crippen LogP contribution in [0.4, 0.5) is 17.3 Å². The molecule has 0 atom stereocenters. The van der Waals surface area contributed by atoms with Gasteiger partial charge in [0.1, 0.15) is 11.6 Å². The number of nitrogens with one attached hydrogen (secondary N) is 1. The van der Waals surface area contributed by atoms with Crippen LogP contribution >= 0.6 is 0 Å². The minimum absolute atomic E-state index is 0.728. The molecule has 0 saturated heterocycles. The fourth-order valence-corrected chi connectivity index (χ4v) is 2.81. The first-order valence-corrected chi connectivity index (χ1v) is 9.25. The van der Waals surface area contributed by atoms with E-state index in [9.17, 15) is 0 Å². The maximum atomic E-state index is 4.80. The molecule has 0 aliphatic carbocycles. The molecule has 0 unspecified atom stereocenters. The minimum atomic E-state index is 0.728.